The predicted molar refractivity (Wildman–Crippen MR) is 102 cm³/mol. The topological polar surface area (TPSA) is 70.6 Å². The third-order valence-corrected chi connectivity index (χ3v) is 4.34. The Labute approximate surface area is 151 Å². The monoisotopic (exact) mass is 371 g/mol. The summed E-state index contributed by atoms with van der Waals surface area (Å²) in [5, 5.41) is 6.41. The largest absolute Gasteiger partial charge is 0.357 e. The van der Waals surface area contributed by atoms with Crippen LogP contribution in [0.3, 0.4) is 0 Å². The zero-order chi connectivity index (χ0) is 19.1. The van der Waals surface area contributed by atoms with E-state index >= 15 is 0 Å². The number of guanidine groups is 1. The second-order valence-electron chi connectivity index (χ2n) is 7.42. The van der Waals surface area contributed by atoms with Crippen molar-refractivity contribution in [3.05, 3.63) is 35.1 Å². The van der Waals surface area contributed by atoms with Gasteiger partial charge in [-0.1, -0.05) is 26.8 Å². The van der Waals surface area contributed by atoms with Crippen LogP contribution in [-0.2, 0) is 22.1 Å². The molecule has 0 aliphatic carbocycles. The molecule has 0 spiro atoms. The van der Waals surface area contributed by atoms with Gasteiger partial charge in [0.05, 0.1) is 12.3 Å². The Morgan fingerprint density at radius 3 is 2.44 bits per heavy atom. The lowest BCUT2D eigenvalue weighted by Crippen LogP contribution is -2.38. The zero-order valence-electron chi connectivity index (χ0n) is 15.8. The first-order chi connectivity index (χ1) is 11.5. The van der Waals surface area contributed by atoms with Crippen LogP contribution in [0.15, 0.2) is 23.2 Å². The van der Waals surface area contributed by atoms with E-state index in [4.69, 9.17) is 0 Å². The predicted octanol–water partition coefficient (Wildman–Crippen LogP) is 2.86. The van der Waals surface area contributed by atoms with Crippen LogP contribution in [0.1, 0.15) is 45.2 Å². The summed E-state index contributed by atoms with van der Waals surface area (Å²) >= 11 is 0. The van der Waals surface area contributed by atoms with E-state index in [1.807, 2.05) is 6.92 Å². The highest BCUT2D eigenvalue weighted by Crippen LogP contribution is 2.17. The molecule has 0 fully saturated rings. The van der Waals surface area contributed by atoms with E-state index in [1.165, 1.54) is 24.5 Å². The third-order valence-electron chi connectivity index (χ3n) is 3.51. The molecule has 0 heterocycles. The minimum atomic E-state index is -3.19. The summed E-state index contributed by atoms with van der Waals surface area (Å²) in [5.74, 6) is 0.126. The summed E-state index contributed by atoms with van der Waals surface area (Å²) in [4.78, 5) is 4.47. The number of hydrogen-bond acceptors (Lipinski definition) is 3. The summed E-state index contributed by atoms with van der Waals surface area (Å²) in [5.41, 5.74) is 1.38. The van der Waals surface area contributed by atoms with Gasteiger partial charge in [0, 0.05) is 19.3 Å². The molecule has 2 N–H and O–H groups in total. The fourth-order valence-corrected chi connectivity index (χ4v) is 3.07. The SMILES string of the molecule is CCNC(=NCc1cc(F)ccc1CS(C)(=O)=O)NCCC(C)(C)C. The lowest BCUT2D eigenvalue weighted by Gasteiger charge is -2.19. The molecule has 0 aliphatic rings. The molecule has 0 saturated carbocycles. The third kappa shape index (κ3) is 9.43. The van der Waals surface area contributed by atoms with E-state index in [1.54, 1.807) is 0 Å². The van der Waals surface area contributed by atoms with E-state index in [0.29, 0.717) is 23.6 Å². The number of halogens is 1. The van der Waals surface area contributed by atoms with Crippen molar-refractivity contribution in [2.45, 2.75) is 46.4 Å². The maximum absolute atomic E-state index is 13.6. The van der Waals surface area contributed by atoms with Crippen LogP contribution in [0.5, 0.6) is 0 Å². The van der Waals surface area contributed by atoms with Gasteiger partial charge in [-0.15, -0.1) is 0 Å². The second-order valence-corrected chi connectivity index (χ2v) is 9.56. The van der Waals surface area contributed by atoms with E-state index < -0.39 is 15.7 Å². The molecule has 0 radical (unpaired) electrons. The number of hydrogen-bond donors (Lipinski definition) is 2. The highest BCUT2D eigenvalue weighted by atomic mass is 32.2. The summed E-state index contributed by atoms with van der Waals surface area (Å²) < 4.78 is 36.7. The number of benzene rings is 1. The number of rotatable bonds is 7. The first-order valence-corrected chi connectivity index (χ1v) is 10.5. The molecule has 7 heteroatoms. The average Bonchev–Trinajstić information content (AvgIpc) is 2.44. The summed E-state index contributed by atoms with van der Waals surface area (Å²) in [6.45, 7) is 10.2. The molecule has 25 heavy (non-hydrogen) atoms. The Bertz CT molecular complexity index is 695. The molecule has 5 nitrogen and oxygen atoms in total. The fourth-order valence-electron chi connectivity index (χ4n) is 2.23. The highest BCUT2D eigenvalue weighted by molar-refractivity contribution is 7.89. The van der Waals surface area contributed by atoms with Crippen molar-refractivity contribution in [2.24, 2.45) is 10.4 Å². The van der Waals surface area contributed by atoms with Gasteiger partial charge in [0.2, 0.25) is 0 Å². The van der Waals surface area contributed by atoms with Crippen LogP contribution in [0.2, 0.25) is 0 Å². The smallest absolute Gasteiger partial charge is 0.191 e. The minimum absolute atomic E-state index is 0.119. The molecule has 1 rings (SSSR count). The Morgan fingerprint density at radius 1 is 1.20 bits per heavy atom. The van der Waals surface area contributed by atoms with Crippen molar-refractivity contribution in [3.8, 4) is 0 Å². The lowest BCUT2D eigenvalue weighted by atomic mass is 9.92. The molecule has 0 saturated heterocycles. The number of nitrogens with one attached hydrogen (secondary N) is 2. The molecule has 1 aromatic rings. The molecule has 0 aliphatic heterocycles. The van der Waals surface area contributed by atoms with Gasteiger partial charge in [-0.3, -0.25) is 0 Å². The standard InChI is InChI=1S/C18H30FN3O2S/c1-6-20-17(21-10-9-18(2,3)4)22-12-15-11-16(19)8-7-14(15)13-25(5,23)24/h7-8,11H,6,9-10,12-13H2,1-5H3,(H2,20,21,22). The summed E-state index contributed by atoms with van der Waals surface area (Å²) in [6, 6.07) is 4.14. The van der Waals surface area contributed by atoms with E-state index in [2.05, 4.69) is 36.4 Å². The molecule has 0 amide bonds. The second kappa shape index (κ2) is 9.17. The molecular formula is C18H30FN3O2S. The van der Waals surface area contributed by atoms with Gasteiger partial charge in [-0.05, 0) is 42.0 Å². The van der Waals surface area contributed by atoms with E-state index in [-0.39, 0.29) is 17.7 Å². The van der Waals surface area contributed by atoms with Crippen LogP contribution in [0, 0.1) is 11.2 Å². The van der Waals surface area contributed by atoms with Crippen molar-refractivity contribution in [3.63, 3.8) is 0 Å². The van der Waals surface area contributed by atoms with Gasteiger partial charge in [0.15, 0.2) is 15.8 Å². The Hall–Kier alpha value is -1.63. The summed E-state index contributed by atoms with van der Waals surface area (Å²) in [6.07, 6.45) is 2.15. The molecule has 0 bridgehead atoms. The molecule has 142 valence electrons. The van der Waals surface area contributed by atoms with Crippen molar-refractivity contribution >= 4 is 15.8 Å². The first kappa shape index (κ1) is 21.4. The van der Waals surface area contributed by atoms with E-state index in [0.717, 1.165) is 13.0 Å². The van der Waals surface area contributed by atoms with Crippen molar-refractivity contribution in [1.82, 2.24) is 10.6 Å². The average molecular weight is 372 g/mol. The molecule has 0 aromatic heterocycles. The van der Waals surface area contributed by atoms with E-state index in [9.17, 15) is 12.8 Å². The summed E-state index contributed by atoms with van der Waals surface area (Å²) in [7, 11) is -3.19. The Balaban J connectivity index is 2.89. The number of aliphatic imine (C=N–C) groups is 1. The van der Waals surface area contributed by atoms with Crippen molar-refractivity contribution in [2.75, 3.05) is 19.3 Å². The van der Waals surface area contributed by atoms with Crippen LogP contribution in [0.4, 0.5) is 4.39 Å². The van der Waals surface area contributed by atoms with Crippen LogP contribution in [-0.4, -0.2) is 33.7 Å². The quantitative estimate of drug-likeness (QED) is 0.571. The Morgan fingerprint density at radius 2 is 1.88 bits per heavy atom. The molecule has 0 atom stereocenters. The lowest BCUT2D eigenvalue weighted by molar-refractivity contribution is 0.377. The Kier molecular flexibility index (Phi) is 7.86. The van der Waals surface area contributed by atoms with Crippen molar-refractivity contribution < 1.29 is 12.8 Å². The van der Waals surface area contributed by atoms with Gasteiger partial charge in [0.25, 0.3) is 0 Å². The van der Waals surface area contributed by atoms with Crippen molar-refractivity contribution in [1.29, 1.82) is 0 Å². The normalized spacial score (nSPS) is 13.0. The number of sulfone groups is 1. The highest BCUT2D eigenvalue weighted by Gasteiger charge is 2.12. The van der Waals surface area contributed by atoms with Gasteiger partial charge in [0.1, 0.15) is 5.82 Å². The van der Waals surface area contributed by atoms with Crippen LogP contribution in [0.25, 0.3) is 0 Å². The first-order valence-electron chi connectivity index (χ1n) is 8.47. The molecule has 1 aromatic carbocycles. The molecular weight excluding hydrogens is 341 g/mol. The minimum Gasteiger partial charge on any atom is -0.357 e. The van der Waals surface area contributed by atoms with Crippen LogP contribution < -0.4 is 10.6 Å². The van der Waals surface area contributed by atoms with Gasteiger partial charge < -0.3 is 10.6 Å². The zero-order valence-corrected chi connectivity index (χ0v) is 16.6. The fraction of sp³-hybridized carbons (Fsp3) is 0.611. The van der Waals surface area contributed by atoms with Gasteiger partial charge in [-0.25, -0.2) is 17.8 Å². The van der Waals surface area contributed by atoms with Gasteiger partial charge in [-0.2, -0.15) is 0 Å². The number of nitrogens with zero attached hydrogens (tertiary/aromatic N) is 1. The maximum Gasteiger partial charge on any atom is 0.191 e. The molecule has 0 unspecified atom stereocenters. The van der Waals surface area contributed by atoms with Crippen LogP contribution >= 0.6 is 0 Å². The maximum atomic E-state index is 13.6. The van der Waals surface area contributed by atoms with Gasteiger partial charge >= 0.3 is 0 Å².